The van der Waals surface area contributed by atoms with E-state index >= 15 is 0 Å². The molecule has 132 valence electrons. The lowest BCUT2D eigenvalue weighted by Gasteiger charge is -2.38. The number of hydrogen-bond acceptors (Lipinski definition) is 4. The average Bonchev–Trinajstić information content (AvgIpc) is 2.58. The molecule has 2 aliphatic rings. The molecular weight excluding hydrogens is 302 g/mol. The van der Waals surface area contributed by atoms with Crippen LogP contribution in [0.4, 0.5) is 0 Å². The van der Waals surface area contributed by atoms with Crippen molar-refractivity contribution in [2.24, 2.45) is 5.92 Å². The third-order valence-corrected chi connectivity index (χ3v) is 5.32. The van der Waals surface area contributed by atoms with Gasteiger partial charge in [0.25, 0.3) is 0 Å². The Morgan fingerprint density at radius 1 is 1.08 bits per heavy atom. The van der Waals surface area contributed by atoms with Crippen molar-refractivity contribution in [3.8, 4) is 0 Å². The van der Waals surface area contributed by atoms with Crippen molar-refractivity contribution >= 4 is 5.97 Å². The molecule has 1 N–H and O–H groups in total. The van der Waals surface area contributed by atoms with Gasteiger partial charge in [-0.3, -0.25) is 4.90 Å². The van der Waals surface area contributed by atoms with Crippen LogP contribution in [0.1, 0.15) is 28.8 Å². The van der Waals surface area contributed by atoms with Crippen LogP contribution in [-0.4, -0.2) is 78.6 Å². The molecule has 0 radical (unpaired) electrons. The van der Waals surface area contributed by atoms with Crippen LogP contribution >= 0.6 is 0 Å². The van der Waals surface area contributed by atoms with E-state index in [9.17, 15) is 4.79 Å². The van der Waals surface area contributed by atoms with Crippen molar-refractivity contribution < 1.29 is 9.90 Å². The fourth-order valence-corrected chi connectivity index (χ4v) is 3.85. The number of carboxylic acid groups (broad SMARTS) is 1. The van der Waals surface area contributed by atoms with Gasteiger partial charge in [-0.1, -0.05) is 12.1 Å². The largest absolute Gasteiger partial charge is 0.478 e. The summed E-state index contributed by atoms with van der Waals surface area (Å²) in [6.07, 6.45) is 2.60. The molecular formula is C19H29N3O2. The highest BCUT2D eigenvalue weighted by atomic mass is 16.4. The second-order valence-electron chi connectivity index (χ2n) is 7.35. The third-order valence-electron chi connectivity index (χ3n) is 5.32. The molecule has 1 aromatic carbocycles. The molecule has 1 unspecified atom stereocenters. The molecule has 2 aliphatic heterocycles. The zero-order chi connectivity index (χ0) is 16.9. The van der Waals surface area contributed by atoms with Crippen LogP contribution in [0.2, 0.25) is 0 Å². The van der Waals surface area contributed by atoms with Crippen molar-refractivity contribution in [3.05, 3.63) is 35.4 Å². The molecule has 0 saturated carbocycles. The van der Waals surface area contributed by atoms with Crippen molar-refractivity contribution in [1.82, 2.24) is 14.7 Å². The zero-order valence-electron chi connectivity index (χ0n) is 14.7. The van der Waals surface area contributed by atoms with Crippen molar-refractivity contribution in [3.63, 3.8) is 0 Å². The Hall–Kier alpha value is -1.43. The second-order valence-corrected chi connectivity index (χ2v) is 7.35. The molecule has 24 heavy (non-hydrogen) atoms. The van der Waals surface area contributed by atoms with E-state index in [2.05, 4.69) is 21.7 Å². The second kappa shape index (κ2) is 8.10. The van der Waals surface area contributed by atoms with Crippen molar-refractivity contribution in [1.29, 1.82) is 0 Å². The number of nitrogens with zero attached hydrogens (tertiary/aromatic N) is 3. The van der Waals surface area contributed by atoms with E-state index in [-0.39, 0.29) is 0 Å². The number of aromatic carboxylic acids is 1. The van der Waals surface area contributed by atoms with E-state index in [0.29, 0.717) is 5.56 Å². The highest BCUT2D eigenvalue weighted by molar-refractivity contribution is 5.87. The predicted octanol–water partition coefficient (Wildman–Crippen LogP) is 1.84. The molecule has 3 rings (SSSR count). The van der Waals surface area contributed by atoms with E-state index in [0.717, 1.165) is 25.6 Å². The van der Waals surface area contributed by atoms with Gasteiger partial charge >= 0.3 is 5.97 Å². The number of carbonyl (C=O) groups is 1. The normalized spacial score (nSPS) is 24.1. The Kier molecular flexibility index (Phi) is 5.87. The van der Waals surface area contributed by atoms with E-state index < -0.39 is 5.97 Å². The van der Waals surface area contributed by atoms with Gasteiger partial charge in [-0.05, 0) is 50.0 Å². The average molecular weight is 331 g/mol. The van der Waals surface area contributed by atoms with Crippen LogP contribution in [-0.2, 0) is 6.54 Å². The van der Waals surface area contributed by atoms with E-state index in [1.54, 1.807) is 12.1 Å². The molecule has 1 atom stereocenters. The Bertz CT molecular complexity index is 538. The maximum Gasteiger partial charge on any atom is 0.335 e. The van der Waals surface area contributed by atoms with Gasteiger partial charge in [0.1, 0.15) is 0 Å². The Labute approximate surface area is 144 Å². The lowest BCUT2D eigenvalue weighted by atomic mass is 9.96. The first-order valence-corrected chi connectivity index (χ1v) is 9.05. The van der Waals surface area contributed by atoms with Gasteiger partial charge in [0, 0.05) is 45.8 Å². The van der Waals surface area contributed by atoms with Crippen LogP contribution in [0.5, 0.6) is 0 Å². The van der Waals surface area contributed by atoms with Gasteiger partial charge < -0.3 is 14.9 Å². The number of likely N-dealkylation sites (tertiary alicyclic amines) is 1. The number of likely N-dealkylation sites (N-methyl/N-ethyl adjacent to an activating group) is 1. The summed E-state index contributed by atoms with van der Waals surface area (Å²) >= 11 is 0. The Balaban J connectivity index is 1.49. The SMILES string of the molecule is CN1CCN(CC2CCCN(Cc3ccc(C(=O)O)cc3)C2)CC1. The molecule has 0 spiro atoms. The number of rotatable bonds is 5. The number of piperidine rings is 1. The van der Waals surface area contributed by atoms with Gasteiger partial charge in [-0.2, -0.15) is 0 Å². The summed E-state index contributed by atoms with van der Waals surface area (Å²) in [5.74, 6) is -0.0905. The maximum atomic E-state index is 10.9. The van der Waals surface area contributed by atoms with E-state index in [1.165, 1.54) is 51.1 Å². The van der Waals surface area contributed by atoms with Crippen molar-refractivity contribution in [2.75, 3.05) is 52.9 Å². The third kappa shape index (κ3) is 4.79. The summed E-state index contributed by atoms with van der Waals surface area (Å²) in [4.78, 5) is 18.5. The van der Waals surface area contributed by atoms with E-state index in [1.807, 2.05) is 12.1 Å². The molecule has 0 aromatic heterocycles. The number of piperazine rings is 1. The summed E-state index contributed by atoms with van der Waals surface area (Å²) < 4.78 is 0. The van der Waals surface area contributed by atoms with Gasteiger partial charge in [-0.15, -0.1) is 0 Å². The van der Waals surface area contributed by atoms with Gasteiger partial charge in [0.05, 0.1) is 5.56 Å². The quantitative estimate of drug-likeness (QED) is 0.892. The lowest BCUT2D eigenvalue weighted by Crippen LogP contribution is -2.48. The smallest absolute Gasteiger partial charge is 0.335 e. The van der Waals surface area contributed by atoms with Crippen LogP contribution in [0.15, 0.2) is 24.3 Å². The molecule has 5 nitrogen and oxygen atoms in total. The zero-order valence-corrected chi connectivity index (χ0v) is 14.7. The Morgan fingerprint density at radius 2 is 1.79 bits per heavy atom. The molecule has 0 aliphatic carbocycles. The van der Waals surface area contributed by atoms with Crippen LogP contribution in [0, 0.1) is 5.92 Å². The molecule has 0 amide bonds. The highest BCUT2D eigenvalue weighted by Crippen LogP contribution is 2.20. The van der Waals surface area contributed by atoms with Gasteiger partial charge in [-0.25, -0.2) is 4.79 Å². The number of carboxylic acids is 1. The predicted molar refractivity (Wildman–Crippen MR) is 95.3 cm³/mol. The standard InChI is InChI=1S/C19H29N3O2/c1-20-9-11-21(12-10-20)14-17-3-2-8-22(15-17)13-16-4-6-18(7-5-16)19(23)24/h4-7,17H,2-3,8-15H2,1H3,(H,23,24). The Morgan fingerprint density at radius 3 is 2.46 bits per heavy atom. The molecule has 5 heteroatoms. The molecule has 2 heterocycles. The van der Waals surface area contributed by atoms with Crippen LogP contribution < -0.4 is 0 Å². The number of hydrogen-bond donors (Lipinski definition) is 1. The molecule has 0 bridgehead atoms. The summed E-state index contributed by atoms with van der Waals surface area (Å²) in [7, 11) is 2.20. The maximum absolute atomic E-state index is 10.9. The lowest BCUT2D eigenvalue weighted by molar-refractivity contribution is 0.0697. The molecule has 2 fully saturated rings. The van der Waals surface area contributed by atoms with Crippen molar-refractivity contribution in [2.45, 2.75) is 19.4 Å². The van der Waals surface area contributed by atoms with E-state index in [4.69, 9.17) is 5.11 Å². The fourth-order valence-electron chi connectivity index (χ4n) is 3.85. The fraction of sp³-hybridized carbons (Fsp3) is 0.632. The summed E-state index contributed by atoms with van der Waals surface area (Å²) in [5, 5.41) is 8.99. The van der Waals surface area contributed by atoms with Gasteiger partial charge in [0.15, 0.2) is 0 Å². The first kappa shape index (κ1) is 17.4. The minimum Gasteiger partial charge on any atom is -0.478 e. The number of benzene rings is 1. The first-order chi connectivity index (χ1) is 11.6. The molecule has 2 saturated heterocycles. The first-order valence-electron chi connectivity index (χ1n) is 9.05. The molecule has 1 aromatic rings. The monoisotopic (exact) mass is 331 g/mol. The highest BCUT2D eigenvalue weighted by Gasteiger charge is 2.23. The van der Waals surface area contributed by atoms with Crippen LogP contribution in [0.3, 0.4) is 0 Å². The minimum absolute atomic E-state index is 0.366. The summed E-state index contributed by atoms with van der Waals surface area (Å²) in [6.45, 7) is 9.24. The van der Waals surface area contributed by atoms with Gasteiger partial charge in [0.2, 0.25) is 0 Å². The summed E-state index contributed by atoms with van der Waals surface area (Å²) in [6, 6.07) is 7.33. The van der Waals surface area contributed by atoms with Crippen LogP contribution in [0.25, 0.3) is 0 Å². The summed E-state index contributed by atoms with van der Waals surface area (Å²) in [5.41, 5.74) is 1.57. The minimum atomic E-state index is -0.855. The topological polar surface area (TPSA) is 47.0 Å².